The molecule has 4 nitrogen and oxygen atoms in total. The second-order valence-corrected chi connectivity index (χ2v) is 10.0. The minimum atomic E-state index is 0.380. The fourth-order valence-corrected chi connectivity index (χ4v) is 6.67. The van der Waals surface area contributed by atoms with E-state index in [1.54, 1.807) is 6.26 Å². The van der Waals surface area contributed by atoms with Crippen LogP contribution in [0.15, 0.2) is 90.0 Å². The van der Waals surface area contributed by atoms with Crippen LogP contribution in [0.25, 0.3) is 11.1 Å². The Morgan fingerprint density at radius 3 is 2.41 bits per heavy atom. The monoisotopic (exact) mass is 448 g/mol. The molecule has 0 spiro atoms. The molecule has 0 amide bonds. The lowest BCUT2D eigenvalue weighted by atomic mass is 9.72. The van der Waals surface area contributed by atoms with Crippen LogP contribution in [0.5, 0.6) is 11.5 Å². The molecule has 3 atom stereocenters. The molecule has 34 heavy (non-hydrogen) atoms. The van der Waals surface area contributed by atoms with E-state index >= 15 is 0 Å². The van der Waals surface area contributed by atoms with Crippen molar-refractivity contribution in [1.29, 1.82) is 0 Å². The smallest absolute Gasteiger partial charge is 0.131 e. The molecule has 7 rings (SSSR count). The third-order valence-corrected chi connectivity index (χ3v) is 8.17. The van der Waals surface area contributed by atoms with Gasteiger partial charge in [0.25, 0.3) is 0 Å². The van der Waals surface area contributed by atoms with E-state index < -0.39 is 0 Å². The summed E-state index contributed by atoms with van der Waals surface area (Å²) in [6, 6.07) is 23.0. The van der Waals surface area contributed by atoms with Crippen LogP contribution in [0.3, 0.4) is 0 Å². The van der Waals surface area contributed by atoms with E-state index in [4.69, 9.17) is 9.15 Å². The summed E-state index contributed by atoms with van der Waals surface area (Å²) in [5.41, 5.74) is 6.32. The summed E-state index contributed by atoms with van der Waals surface area (Å²) >= 11 is 0. The van der Waals surface area contributed by atoms with Gasteiger partial charge in [0.15, 0.2) is 0 Å². The van der Waals surface area contributed by atoms with Crippen LogP contribution in [0.2, 0.25) is 0 Å². The van der Waals surface area contributed by atoms with Crippen molar-refractivity contribution < 1.29 is 9.15 Å². The molecular weight excluding hydrogens is 420 g/mol. The molecule has 0 radical (unpaired) electrons. The van der Waals surface area contributed by atoms with Gasteiger partial charge in [-0.1, -0.05) is 30.3 Å². The third-order valence-electron chi connectivity index (χ3n) is 8.17. The van der Waals surface area contributed by atoms with Crippen LogP contribution in [-0.2, 0) is 6.54 Å². The van der Waals surface area contributed by atoms with Gasteiger partial charge in [-0.2, -0.15) is 0 Å². The molecule has 170 valence electrons. The minimum Gasteiger partial charge on any atom is -0.472 e. The first kappa shape index (κ1) is 20.0. The fourth-order valence-electron chi connectivity index (χ4n) is 6.67. The number of fused-ring (bicyclic) bond motifs is 4. The molecule has 3 unspecified atom stereocenters. The van der Waals surface area contributed by atoms with Crippen molar-refractivity contribution in [1.82, 2.24) is 9.88 Å². The van der Waals surface area contributed by atoms with Crippen LogP contribution in [0.1, 0.15) is 48.3 Å². The Balaban J connectivity index is 1.23. The molecule has 0 aliphatic carbocycles. The molecule has 2 fully saturated rings. The first-order valence-corrected chi connectivity index (χ1v) is 12.4. The van der Waals surface area contributed by atoms with E-state index in [2.05, 4.69) is 70.5 Å². The van der Waals surface area contributed by atoms with Crippen molar-refractivity contribution in [2.24, 2.45) is 5.92 Å². The second-order valence-electron chi connectivity index (χ2n) is 10.0. The summed E-state index contributed by atoms with van der Waals surface area (Å²) in [5, 5.41) is 0. The van der Waals surface area contributed by atoms with Crippen LogP contribution >= 0.6 is 0 Å². The predicted molar refractivity (Wildman–Crippen MR) is 132 cm³/mol. The second kappa shape index (κ2) is 8.14. The topological polar surface area (TPSA) is 38.5 Å². The summed E-state index contributed by atoms with van der Waals surface area (Å²) in [4.78, 5) is 6.91. The SMILES string of the molecule is c1ccc2c(c1)Oc1cc(-c3ccncc3)ccc1C2C1CC2CCC(C1)N2Cc1ccoc1. The number of furan rings is 1. The van der Waals surface area contributed by atoms with E-state index in [0.717, 1.165) is 18.0 Å². The molecule has 0 saturated carbocycles. The maximum absolute atomic E-state index is 6.48. The average Bonchev–Trinajstić information content (AvgIpc) is 3.47. The highest BCUT2D eigenvalue weighted by Crippen LogP contribution is 2.53. The summed E-state index contributed by atoms with van der Waals surface area (Å²) < 4.78 is 11.8. The van der Waals surface area contributed by atoms with E-state index in [0.29, 0.717) is 23.9 Å². The van der Waals surface area contributed by atoms with Gasteiger partial charge in [-0.25, -0.2) is 0 Å². The number of aromatic nitrogens is 1. The molecule has 4 aromatic rings. The molecular formula is C30H28N2O2. The zero-order valence-electron chi connectivity index (χ0n) is 19.1. The number of nitrogens with zero attached hydrogens (tertiary/aromatic N) is 2. The van der Waals surface area contributed by atoms with Gasteiger partial charge < -0.3 is 9.15 Å². The number of piperidine rings is 1. The van der Waals surface area contributed by atoms with Gasteiger partial charge >= 0.3 is 0 Å². The number of benzene rings is 2. The number of ether oxygens (including phenoxy) is 1. The molecule has 2 bridgehead atoms. The lowest BCUT2D eigenvalue weighted by Crippen LogP contribution is -2.43. The standard InChI is InChI=1S/C30H28N2O2/c1-2-4-28-26(3-1)30(27-8-5-22(17-29(27)34-28)21-9-12-31-13-10-21)23-15-24-6-7-25(16-23)32(24)18-20-11-14-33-19-20/h1-5,8-14,17,19,23-25,30H,6-7,15-16,18H2. The number of hydrogen-bond donors (Lipinski definition) is 0. The van der Waals surface area contributed by atoms with Crippen molar-refractivity contribution in [2.45, 2.75) is 50.2 Å². The minimum absolute atomic E-state index is 0.380. The van der Waals surface area contributed by atoms with Gasteiger partial charge in [0.1, 0.15) is 11.5 Å². The van der Waals surface area contributed by atoms with Crippen molar-refractivity contribution in [3.8, 4) is 22.6 Å². The lowest BCUT2D eigenvalue weighted by molar-refractivity contribution is 0.0887. The first-order valence-electron chi connectivity index (χ1n) is 12.4. The van der Waals surface area contributed by atoms with Gasteiger partial charge in [-0.05, 0) is 73.1 Å². The zero-order chi connectivity index (χ0) is 22.5. The Hall–Kier alpha value is -3.37. The van der Waals surface area contributed by atoms with Gasteiger partial charge in [0.2, 0.25) is 0 Å². The molecule has 2 saturated heterocycles. The van der Waals surface area contributed by atoms with Gasteiger partial charge in [-0.15, -0.1) is 0 Å². The van der Waals surface area contributed by atoms with Crippen LogP contribution < -0.4 is 4.74 Å². The van der Waals surface area contributed by atoms with Crippen molar-refractivity contribution in [2.75, 3.05) is 0 Å². The maximum atomic E-state index is 6.48. The highest BCUT2D eigenvalue weighted by molar-refractivity contribution is 5.68. The Bertz CT molecular complexity index is 1290. The first-order chi connectivity index (χ1) is 16.8. The molecule has 2 aromatic heterocycles. The summed E-state index contributed by atoms with van der Waals surface area (Å²) in [7, 11) is 0. The van der Waals surface area contributed by atoms with Gasteiger partial charge in [-0.3, -0.25) is 9.88 Å². The van der Waals surface area contributed by atoms with Crippen molar-refractivity contribution in [3.63, 3.8) is 0 Å². The number of hydrogen-bond acceptors (Lipinski definition) is 4. The van der Waals surface area contributed by atoms with Gasteiger partial charge in [0, 0.05) is 53.6 Å². The highest BCUT2D eigenvalue weighted by Gasteiger charge is 2.45. The predicted octanol–water partition coefficient (Wildman–Crippen LogP) is 7.02. The lowest BCUT2D eigenvalue weighted by Gasteiger charge is -2.43. The third kappa shape index (κ3) is 3.36. The molecule has 4 heteroatoms. The van der Waals surface area contributed by atoms with Crippen LogP contribution in [0.4, 0.5) is 0 Å². The molecule has 3 aliphatic heterocycles. The molecule has 2 aromatic carbocycles. The fraction of sp³-hybridized carbons (Fsp3) is 0.300. The van der Waals surface area contributed by atoms with Crippen molar-refractivity contribution >= 4 is 0 Å². The number of rotatable bonds is 4. The van der Waals surface area contributed by atoms with E-state index in [9.17, 15) is 0 Å². The normalized spacial score (nSPS) is 25.4. The highest BCUT2D eigenvalue weighted by atomic mass is 16.5. The van der Waals surface area contributed by atoms with Crippen molar-refractivity contribution in [3.05, 3.63) is 102 Å². The quantitative estimate of drug-likeness (QED) is 0.336. The Morgan fingerprint density at radius 1 is 0.824 bits per heavy atom. The zero-order valence-corrected chi connectivity index (χ0v) is 19.1. The molecule has 5 heterocycles. The Morgan fingerprint density at radius 2 is 1.62 bits per heavy atom. The summed E-state index contributed by atoms with van der Waals surface area (Å²) in [6.07, 6.45) is 12.5. The summed E-state index contributed by atoms with van der Waals surface area (Å²) in [5.74, 6) is 3.02. The van der Waals surface area contributed by atoms with Crippen LogP contribution in [0, 0.1) is 5.92 Å². The molecule has 3 aliphatic rings. The Kier molecular flexibility index (Phi) is 4.80. The van der Waals surface area contributed by atoms with E-state index in [1.807, 2.05) is 18.7 Å². The largest absolute Gasteiger partial charge is 0.472 e. The number of para-hydroxylation sites is 1. The Labute approximate surface area is 200 Å². The molecule has 0 N–H and O–H groups in total. The van der Waals surface area contributed by atoms with E-state index in [-0.39, 0.29) is 0 Å². The van der Waals surface area contributed by atoms with E-state index in [1.165, 1.54) is 53.5 Å². The average molecular weight is 449 g/mol. The maximum Gasteiger partial charge on any atom is 0.131 e. The summed E-state index contributed by atoms with van der Waals surface area (Å²) in [6.45, 7) is 1.01. The van der Waals surface area contributed by atoms with Crippen LogP contribution in [-0.4, -0.2) is 22.0 Å². The van der Waals surface area contributed by atoms with Gasteiger partial charge in [0.05, 0.1) is 12.5 Å². The number of pyridine rings is 1.